The lowest BCUT2D eigenvalue weighted by molar-refractivity contribution is 0.544. The first-order valence-corrected chi connectivity index (χ1v) is 19.2. The Morgan fingerprint density at radius 3 is 2.07 bits per heavy atom. The Morgan fingerprint density at radius 1 is 0.554 bits per heavy atom. The molecule has 4 aliphatic rings. The van der Waals surface area contributed by atoms with E-state index in [1.807, 2.05) is 36.4 Å². The Labute approximate surface area is 325 Å². The van der Waals surface area contributed by atoms with E-state index in [2.05, 4.69) is 145 Å². The second-order valence-corrected chi connectivity index (χ2v) is 14.8. The lowest BCUT2D eigenvalue weighted by atomic mass is 9.80. The van der Waals surface area contributed by atoms with Gasteiger partial charge in [-0.25, -0.2) is 4.99 Å². The van der Waals surface area contributed by atoms with Crippen LogP contribution in [0.1, 0.15) is 57.3 Å². The van der Waals surface area contributed by atoms with Crippen LogP contribution >= 0.6 is 0 Å². The monoisotopic (exact) mass is 722 g/mol. The number of hydrogen-bond acceptors (Lipinski definition) is 5. The number of amidine groups is 2. The molecule has 12 rings (SSSR count). The fourth-order valence-corrected chi connectivity index (χ4v) is 8.53. The van der Waals surface area contributed by atoms with Gasteiger partial charge in [0.25, 0.3) is 0 Å². The molecule has 1 aromatic heterocycles. The minimum absolute atomic E-state index is 0.0432. The van der Waals surface area contributed by atoms with Crippen molar-refractivity contribution in [1.82, 2.24) is 5.32 Å². The van der Waals surface area contributed by atoms with Crippen LogP contribution in [0.25, 0.3) is 38.4 Å². The summed E-state index contributed by atoms with van der Waals surface area (Å²) in [5, 5.41) is 11.0. The van der Waals surface area contributed by atoms with Crippen molar-refractivity contribution in [2.75, 3.05) is 0 Å². The molecule has 56 heavy (non-hydrogen) atoms. The molecular formula is C50H36N5O-. The van der Waals surface area contributed by atoms with Crippen LogP contribution in [0, 0.1) is 5.92 Å². The van der Waals surface area contributed by atoms with Gasteiger partial charge in [-0.15, -0.1) is 0 Å². The quantitative estimate of drug-likeness (QED) is 0.196. The molecule has 6 nitrogen and oxygen atoms in total. The number of aliphatic imine (C=N–C) groups is 3. The van der Waals surface area contributed by atoms with Crippen molar-refractivity contribution in [2.24, 2.45) is 20.9 Å². The largest absolute Gasteiger partial charge is 0.613 e. The molecule has 8 aromatic rings. The molecule has 268 valence electrons. The maximum Gasteiger partial charge on any atom is 0.155 e. The molecule has 6 heteroatoms. The molecule has 4 atom stereocenters. The summed E-state index contributed by atoms with van der Waals surface area (Å²) in [6, 6.07) is 61.6. The average Bonchev–Trinajstić information content (AvgIpc) is 3.65. The third-order valence-corrected chi connectivity index (χ3v) is 11.3. The van der Waals surface area contributed by atoms with Gasteiger partial charge < -0.3 is 15.1 Å². The van der Waals surface area contributed by atoms with Gasteiger partial charge in [-0.05, 0) is 88.0 Å². The molecule has 0 saturated carbocycles. The van der Waals surface area contributed by atoms with Gasteiger partial charge in [0.15, 0.2) is 5.84 Å². The third kappa shape index (κ3) is 5.74. The van der Waals surface area contributed by atoms with E-state index in [1.165, 1.54) is 5.56 Å². The lowest BCUT2D eigenvalue weighted by Crippen LogP contribution is -2.34. The molecular weight excluding hydrogens is 687 g/mol. The van der Waals surface area contributed by atoms with Crippen molar-refractivity contribution < 1.29 is 4.42 Å². The molecule has 0 spiro atoms. The first-order chi connectivity index (χ1) is 27.7. The van der Waals surface area contributed by atoms with E-state index in [4.69, 9.17) is 24.7 Å². The van der Waals surface area contributed by atoms with E-state index in [0.717, 1.165) is 90.2 Å². The predicted molar refractivity (Wildman–Crippen MR) is 226 cm³/mol. The SMILES string of the molecule is c1ccc(-c2cccc(C3=NC(c4ccccc4)C4Cc5ccc(cc5)C5[N-]C(c6ccccc6)N=C(N5)c5cccc6oc7ccc(cc7c56)C4=N3)c2)cc1. The lowest BCUT2D eigenvalue weighted by Gasteiger charge is -2.44. The van der Waals surface area contributed by atoms with E-state index in [1.54, 1.807) is 0 Å². The van der Waals surface area contributed by atoms with Crippen molar-refractivity contribution in [2.45, 2.75) is 24.8 Å². The van der Waals surface area contributed by atoms with Crippen molar-refractivity contribution in [3.05, 3.63) is 220 Å². The molecule has 1 N–H and O–H groups in total. The molecule has 0 aliphatic carbocycles. The van der Waals surface area contributed by atoms with Gasteiger partial charge in [0.1, 0.15) is 17.0 Å². The fourth-order valence-electron chi connectivity index (χ4n) is 8.53. The summed E-state index contributed by atoms with van der Waals surface area (Å²) in [6.45, 7) is 0. The third-order valence-electron chi connectivity index (χ3n) is 11.3. The van der Waals surface area contributed by atoms with E-state index in [9.17, 15) is 0 Å². The Bertz CT molecular complexity index is 2840. The second kappa shape index (κ2) is 13.4. The van der Waals surface area contributed by atoms with Crippen molar-refractivity contribution in [1.29, 1.82) is 0 Å². The van der Waals surface area contributed by atoms with Crippen LogP contribution in [-0.2, 0) is 6.42 Å². The van der Waals surface area contributed by atoms with Crippen LogP contribution in [0.4, 0.5) is 0 Å². The van der Waals surface area contributed by atoms with E-state index >= 15 is 0 Å². The van der Waals surface area contributed by atoms with Crippen molar-refractivity contribution in [3.8, 4) is 11.1 Å². The van der Waals surface area contributed by atoms with Crippen LogP contribution in [-0.4, -0.2) is 17.4 Å². The van der Waals surface area contributed by atoms with Gasteiger partial charge in [0.2, 0.25) is 0 Å². The second-order valence-electron chi connectivity index (χ2n) is 14.8. The first-order valence-electron chi connectivity index (χ1n) is 19.2. The highest BCUT2D eigenvalue weighted by atomic mass is 16.3. The number of hydrogen-bond donors (Lipinski definition) is 1. The number of rotatable bonds is 4. The molecule has 6 bridgehead atoms. The maximum atomic E-state index is 6.56. The summed E-state index contributed by atoms with van der Waals surface area (Å²) in [5.74, 6) is 1.48. The first kappa shape index (κ1) is 32.5. The van der Waals surface area contributed by atoms with Crippen LogP contribution in [0.5, 0.6) is 0 Å². The maximum absolute atomic E-state index is 6.56. The molecule has 0 saturated heterocycles. The van der Waals surface area contributed by atoms with Crippen LogP contribution < -0.4 is 5.32 Å². The van der Waals surface area contributed by atoms with Gasteiger partial charge in [-0.2, -0.15) is 0 Å². The molecule has 4 unspecified atom stereocenters. The van der Waals surface area contributed by atoms with Crippen LogP contribution in [0.2, 0.25) is 0 Å². The fraction of sp³-hybridized carbons (Fsp3) is 0.100. The Morgan fingerprint density at radius 2 is 1.27 bits per heavy atom. The summed E-state index contributed by atoms with van der Waals surface area (Å²) in [7, 11) is 0. The Balaban J connectivity index is 1.14. The highest BCUT2D eigenvalue weighted by Crippen LogP contribution is 2.42. The Kier molecular flexibility index (Phi) is 7.81. The highest BCUT2D eigenvalue weighted by molar-refractivity contribution is 6.21. The number of furan rings is 1. The zero-order valence-electron chi connectivity index (χ0n) is 30.5. The summed E-state index contributed by atoms with van der Waals surface area (Å²) in [4.78, 5) is 16.3. The molecule has 5 heterocycles. The number of fused-ring (bicyclic) bond motifs is 2. The van der Waals surface area contributed by atoms with Gasteiger partial charge in [0, 0.05) is 27.8 Å². The van der Waals surface area contributed by atoms with Crippen molar-refractivity contribution in [3.63, 3.8) is 0 Å². The number of benzene rings is 7. The summed E-state index contributed by atoms with van der Waals surface area (Å²) >= 11 is 0. The average molecular weight is 723 g/mol. The van der Waals surface area contributed by atoms with Crippen LogP contribution in [0.3, 0.4) is 0 Å². The topological polar surface area (TPSA) is 76.3 Å². The normalized spacial score (nSPS) is 20.1. The van der Waals surface area contributed by atoms with Crippen molar-refractivity contribution >= 4 is 39.3 Å². The zero-order valence-corrected chi connectivity index (χ0v) is 30.5. The molecule has 0 radical (unpaired) electrons. The van der Waals surface area contributed by atoms with Gasteiger partial charge in [-0.3, -0.25) is 9.98 Å². The molecule has 0 fully saturated rings. The minimum atomic E-state index is -0.364. The van der Waals surface area contributed by atoms with Gasteiger partial charge >= 0.3 is 0 Å². The smallest absolute Gasteiger partial charge is 0.155 e. The molecule has 4 aliphatic heterocycles. The van der Waals surface area contributed by atoms with Gasteiger partial charge in [0.05, 0.1) is 11.8 Å². The standard InChI is InChI=1S/C50H36N5O/c1-4-12-32(13-5-1)36-18-10-19-38(29-36)49-51-45(33-14-6-2-7-15-33)41-28-31-22-24-35(25-23-31)48-53-47(34-16-8-3-9-17-34)54-50(55-48)39-20-11-21-43-44(39)40-30-37(46(41)52-49)26-27-42(40)56-43/h1-27,29-30,41,45,47-48H,28H2,(H,54,55)/q-1. The van der Waals surface area contributed by atoms with E-state index in [-0.39, 0.29) is 24.3 Å². The van der Waals surface area contributed by atoms with Gasteiger partial charge in [-0.1, -0.05) is 146 Å². The summed E-state index contributed by atoms with van der Waals surface area (Å²) in [6.07, 6.45) is 0.0962. The Hall–Kier alpha value is -6.89. The number of nitrogens with one attached hydrogen (secondary N) is 1. The predicted octanol–water partition coefficient (Wildman–Crippen LogP) is 11.5. The summed E-state index contributed by atoms with van der Waals surface area (Å²) in [5.41, 5.74) is 12.5. The van der Waals surface area contributed by atoms with E-state index in [0.29, 0.717) is 0 Å². The highest BCUT2D eigenvalue weighted by Gasteiger charge is 2.34. The zero-order chi connectivity index (χ0) is 37.0. The molecule has 7 aromatic carbocycles. The summed E-state index contributed by atoms with van der Waals surface area (Å²) < 4.78 is 6.56. The van der Waals surface area contributed by atoms with E-state index < -0.39 is 0 Å². The number of nitrogens with zero attached hydrogens (tertiary/aromatic N) is 4. The van der Waals surface area contributed by atoms with Crippen LogP contribution in [0.15, 0.2) is 195 Å². The molecule has 0 amide bonds. The minimum Gasteiger partial charge on any atom is -0.613 e.